The molecule has 2 N–H and O–H groups in total. The van der Waals surface area contributed by atoms with Crippen molar-refractivity contribution < 1.29 is 27.5 Å². The average molecular weight is 404 g/mol. The van der Waals surface area contributed by atoms with Crippen LogP contribution in [0.1, 0.15) is 22.8 Å². The van der Waals surface area contributed by atoms with Crippen LogP contribution in [0.15, 0.2) is 47.4 Å². The number of hydrogen-bond donors (Lipinski definition) is 2. The zero-order valence-electron chi connectivity index (χ0n) is 15.6. The summed E-state index contributed by atoms with van der Waals surface area (Å²) < 4.78 is 28.3. The van der Waals surface area contributed by atoms with Crippen LogP contribution in [0.3, 0.4) is 0 Å². The highest BCUT2D eigenvalue weighted by Gasteiger charge is 2.17. The van der Waals surface area contributed by atoms with E-state index < -0.39 is 28.3 Å². The van der Waals surface area contributed by atoms with Gasteiger partial charge in [0, 0.05) is 24.6 Å². The summed E-state index contributed by atoms with van der Waals surface area (Å²) in [6.45, 7) is 2.45. The van der Waals surface area contributed by atoms with Crippen LogP contribution in [-0.4, -0.2) is 39.1 Å². The number of anilines is 2. The van der Waals surface area contributed by atoms with Crippen LogP contribution in [0.5, 0.6) is 0 Å². The van der Waals surface area contributed by atoms with E-state index in [0.29, 0.717) is 16.9 Å². The van der Waals surface area contributed by atoms with Crippen molar-refractivity contribution in [2.24, 2.45) is 0 Å². The number of amides is 2. The van der Waals surface area contributed by atoms with Crippen molar-refractivity contribution in [3.63, 3.8) is 0 Å². The molecular weight excluding hydrogens is 384 g/mol. The van der Waals surface area contributed by atoms with Gasteiger partial charge in [0.25, 0.3) is 5.91 Å². The van der Waals surface area contributed by atoms with E-state index >= 15 is 0 Å². The molecule has 0 bridgehead atoms. The summed E-state index contributed by atoms with van der Waals surface area (Å²) in [7, 11) is -3.48. The molecule has 0 heterocycles. The molecule has 8 nitrogen and oxygen atoms in total. The minimum absolute atomic E-state index is 0.00992. The smallest absolute Gasteiger partial charge is 0.338 e. The summed E-state index contributed by atoms with van der Waals surface area (Å²) in [4.78, 5) is 35.3. The number of ether oxygens (including phenoxy) is 1. The van der Waals surface area contributed by atoms with Gasteiger partial charge in [-0.25, -0.2) is 13.2 Å². The van der Waals surface area contributed by atoms with Gasteiger partial charge >= 0.3 is 5.97 Å². The first kappa shape index (κ1) is 21.1. The summed E-state index contributed by atoms with van der Waals surface area (Å²) in [5.74, 6) is -1.63. The van der Waals surface area contributed by atoms with Gasteiger partial charge in [0.15, 0.2) is 16.4 Å². The Morgan fingerprint density at radius 1 is 1.00 bits per heavy atom. The van der Waals surface area contributed by atoms with Gasteiger partial charge in [0.2, 0.25) is 5.91 Å². The third-order valence-corrected chi connectivity index (χ3v) is 4.77. The van der Waals surface area contributed by atoms with Gasteiger partial charge in [-0.15, -0.1) is 0 Å². The minimum atomic E-state index is -3.48. The van der Waals surface area contributed by atoms with Gasteiger partial charge in [-0.3, -0.25) is 9.59 Å². The van der Waals surface area contributed by atoms with Crippen LogP contribution in [0, 0.1) is 6.92 Å². The maximum Gasteiger partial charge on any atom is 0.338 e. The lowest BCUT2D eigenvalue weighted by Crippen LogP contribution is -2.21. The molecule has 28 heavy (non-hydrogen) atoms. The van der Waals surface area contributed by atoms with Gasteiger partial charge in [0.05, 0.1) is 10.5 Å². The first-order valence-corrected chi connectivity index (χ1v) is 10.1. The normalized spacial score (nSPS) is 10.8. The lowest BCUT2D eigenvalue weighted by atomic mass is 10.1. The molecule has 2 rings (SSSR count). The van der Waals surface area contributed by atoms with Gasteiger partial charge < -0.3 is 15.4 Å². The van der Waals surface area contributed by atoms with E-state index in [1.54, 1.807) is 31.2 Å². The van der Waals surface area contributed by atoms with E-state index in [9.17, 15) is 22.8 Å². The molecule has 0 saturated heterocycles. The Morgan fingerprint density at radius 2 is 1.64 bits per heavy atom. The fourth-order valence-corrected chi connectivity index (χ4v) is 2.98. The summed E-state index contributed by atoms with van der Waals surface area (Å²) in [5, 5.41) is 5.14. The van der Waals surface area contributed by atoms with Crippen molar-refractivity contribution in [3.8, 4) is 0 Å². The third-order valence-electron chi connectivity index (χ3n) is 3.66. The molecule has 0 spiro atoms. The Labute approximate surface area is 162 Å². The summed E-state index contributed by atoms with van der Waals surface area (Å²) in [5.41, 5.74) is 1.53. The SMILES string of the molecule is CC(=O)Nc1cccc(NC(=O)COC(=O)c2cc(S(C)(=O)=O)ccc2C)c1. The number of hydrogen-bond acceptors (Lipinski definition) is 6. The van der Waals surface area contributed by atoms with Gasteiger partial charge in [-0.05, 0) is 42.8 Å². The predicted molar refractivity (Wildman–Crippen MR) is 104 cm³/mol. The predicted octanol–water partition coefficient (Wildman–Crippen LogP) is 2.15. The fourth-order valence-electron chi connectivity index (χ4n) is 2.34. The highest BCUT2D eigenvalue weighted by atomic mass is 32.2. The highest BCUT2D eigenvalue weighted by Crippen LogP contribution is 2.17. The minimum Gasteiger partial charge on any atom is -0.452 e. The van der Waals surface area contributed by atoms with Crippen LogP contribution >= 0.6 is 0 Å². The summed E-state index contributed by atoms with van der Waals surface area (Å²) in [6.07, 6.45) is 1.04. The largest absolute Gasteiger partial charge is 0.452 e. The fraction of sp³-hybridized carbons (Fsp3) is 0.211. The number of nitrogens with one attached hydrogen (secondary N) is 2. The molecule has 2 amide bonds. The molecule has 0 atom stereocenters. The second-order valence-corrected chi connectivity index (χ2v) is 8.15. The Hall–Kier alpha value is -3.20. The van der Waals surface area contributed by atoms with Crippen molar-refractivity contribution in [2.75, 3.05) is 23.5 Å². The highest BCUT2D eigenvalue weighted by molar-refractivity contribution is 7.90. The monoisotopic (exact) mass is 404 g/mol. The quantitative estimate of drug-likeness (QED) is 0.712. The standard InChI is InChI=1S/C19H20N2O6S/c1-12-7-8-16(28(3,25)26)10-17(12)19(24)27-11-18(23)21-15-6-4-5-14(9-15)20-13(2)22/h4-10H,11H2,1-3H3,(H,20,22)(H,21,23). The van der Waals surface area contributed by atoms with Crippen molar-refractivity contribution in [3.05, 3.63) is 53.6 Å². The molecule has 0 unspecified atom stereocenters. The number of sulfone groups is 1. The molecule has 9 heteroatoms. The zero-order chi connectivity index (χ0) is 20.9. The molecule has 148 valence electrons. The number of esters is 1. The van der Waals surface area contributed by atoms with Gasteiger partial charge in [0.1, 0.15) is 0 Å². The van der Waals surface area contributed by atoms with E-state index in [0.717, 1.165) is 6.26 Å². The van der Waals surface area contributed by atoms with E-state index in [2.05, 4.69) is 10.6 Å². The van der Waals surface area contributed by atoms with Crippen LogP contribution in [0.2, 0.25) is 0 Å². The summed E-state index contributed by atoms with van der Waals surface area (Å²) in [6, 6.07) is 10.6. The van der Waals surface area contributed by atoms with Crippen LogP contribution in [0.25, 0.3) is 0 Å². The molecule has 2 aromatic rings. The van der Waals surface area contributed by atoms with E-state index in [4.69, 9.17) is 4.74 Å². The first-order chi connectivity index (χ1) is 13.1. The van der Waals surface area contributed by atoms with Gasteiger partial charge in [-0.1, -0.05) is 12.1 Å². The average Bonchev–Trinajstić information content (AvgIpc) is 2.58. The lowest BCUT2D eigenvalue weighted by molar-refractivity contribution is -0.119. The van der Waals surface area contributed by atoms with Crippen molar-refractivity contribution >= 4 is 39.0 Å². The Bertz CT molecular complexity index is 1030. The molecule has 0 aliphatic heterocycles. The third kappa shape index (κ3) is 5.92. The molecule has 0 radical (unpaired) electrons. The van der Waals surface area contributed by atoms with E-state index in [-0.39, 0.29) is 16.4 Å². The van der Waals surface area contributed by atoms with Crippen molar-refractivity contribution in [1.82, 2.24) is 0 Å². The van der Waals surface area contributed by atoms with E-state index in [1.165, 1.54) is 25.1 Å². The summed E-state index contributed by atoms with van der Waals surface area (Å²) >= 11 is 0. The molecule has 0 saturated carbocycles. The van der Waals surface area contributed by atoms with Gasteiger partial charge in [-0.2, -0.15) is 0 Å². The Morgan fingerprint density at radius 3 is 2.25 bits per heavy atom. The second kappa shape index (κ2) is 8.66. The van der Waals surface area contributed by atoms with Crippen molar-refractivity contribution in [1.29, 1.82) is 0 Å². The molecule has 0 aromatic heterocycles. The molecule has 0 aliphatic carbocycles. The second-order valence-electron chi connectivity index (χ2n) is 6.14. The van der Waals surface area contributed by atoms with Crippen LogP contribution in [-0.2, 0) is 24.2 Å². The maximum absolute atomic E-state index is 12.2. The zero-order valence-corrected chi connectivity index (χ0v) is 16.4. The Kier molecular flexibility index (Phi) is 6.53. The number of carbonyl (C=O) groups excluding carboxylic acids is 3. The first-order valence-electron chi connectivity index (χ1n) is 8.21. The topological polar surface area (TPSA) is 119 Å². The van der Waals surface area contributed by atoms with Crippen molar-refractivity contribution in [2.45, 2.75) is 18.7 Å². The molecule has 2 aromatic carbocycles. The molecular formula is C19H20N2O6S. The Balaban J connectivity index is 2.01. The lowest BCUT2D eigenvalue weighted by Gasteiger charge is -2.10. The van der Waals surface area contributed by atoms with E-state index in [1.807, 2.05) is 0 Å². The maximum atomic E-state index is 12.2. The molecule has 0 aliphatic rings. The number of benzene rings is 2. The number of carbonyl (C=O) groups is 3. The van der Waals surface area contributed by atoms with Crippen LogP contribution < -0.4 is 10.6 Å². The molecule has 0 fully saturated rings. The number of rotatable bonds is 6. The van der Waals surface area contributed by atoms with Crippen LogP contribution in [0.4, 0.5) is 11.4 Å². The number of aryl methyl sites for hydroxylation is 1.